The third kappa shape index (κ3) is 4.32. The zero-order valence-corrected chi connectivity index (χ0v) is 15.4. The van der Waals surface area contributed by atoms with E-state index in [-0.39, 0.29) is 5.91 Å². The number of carbonyl (C=O) groups is 1. The van der Waals surface area contributed by atoms with Crippen molar-refractivity contribution in [2.45, 2.75) is 57.9 Å². The number of hydrogen-bond acceptors (Lipinski definition) is 3. The van der Waals surface area contributed by atoms with E-state index >= 15 is 0 Å². The number of nitrogens with one attached hydrogen (secondary N) is 1. The number of nitrogens with zero attached hydrogens (tertiary/aromatic N) is 3. The topological polar surface area (TPSA) is 70.7 Å². The van der Waals surface area contributed by atoms with Crippen molar-refractivity contribution in [2.24, 2.45) is 0 Å². The lowest BCUT2D eigenvalue weighted by molar-refractivity contribution is 0.0954. The van der Waals surface area contributed by atoms with Gasteiger partial charge in [0.25, 0.3) is 5.91 Å². The summed E-state index contributed by atoms with van der Waals surface area (Å²) in [5.41, 5.74) is 2.35. The highest BCUT2D eigenvalue weighted by molar-refractivity contribution is 5.94. The molecule has 0 bridgehead atoms. The standard InChI is InChI=1S/C21H26N4O/c1-16-15-24-20(25(16)19-6-4-2-3-5-7-19)12-13-23-21(26)18-10-8-17(14-22)9-11-18/h8-11,15,19H,2-7,12-13H2,1H3,(H,23,26). The lowest BCUT2D eigenvalue weighted by Gasteiger charge is -2.21. The van der Waals surface area contributed by atoms with Crippen LogP contribution in [0.2, 0.25) is 0 Å². The van der Waals surface area contributed by atoms with E-state index in [0.717, 1.165) is 12.2 Å². The molecule has 0 unspecified atom stereocenters. The SMILES string of the molecule is Cc1cnc(CCNC(=O)c2ccc(C#N)cc2)n1C1CCCCCC1. The second-order valence-corrected chi connectivity index (χ2v) is 7.03. The van der Waals surface area contributed by atoms with Gasteiger partial charge in [-0.05, 0) is 44.0 Å². The molecule has 1 aliphatic carbocycles. The summed E-state index contributed by atoms with van der Waals surface area (Å²) in [6.45, 7) is 2.68. The number of hydrogen-bond donors (Lipinski definition) is 1. The molecule has 136 valence electrons. The predicted molar refractivity (Wildman–Crippen MR) is 101 cm³/mol. The van der Waals surface area contributed by atoms with Crippen LogP contribution in [0.4, 0.5) is 0 Å². The number of rotatable bonds is 5. The van der Waals surface area contributed by atoms with E-state index in [0.29, 0.717) is 23.7 Å². The van der Waals surface area contributed by atoms with Gasteiger partial charge >= 0.3 is 0 Å². The number of imidazole rings is 1. The Morgan fingerprint density at radius 3 is 2.58 bits per heavy atom. The van der Waals surface area contributed by atoms with Crippen LogP contribution in [0.25, 0.3) is 0 Å². The maximum absolute atomic E-state index is 12.3. The summed E-state index contributed by atoms with van der Waals surface area (Å²) in [6.07, 6.45) is 10.4. The number of aryl methyl sites for hydroxylation is 1. The fourth-order valence-electron chi connectivity index (χ4n) is 3.78. The van der Waals surface area contributed by atoms with Gasteiger partial charge in [0.15, 0.2) is 0 Å². The van der Waals surface area contributed by atoms with Crippen LogP contribution in [0, 0.1) is 18.3 Å². The van der Waals surface area contributed by atoms with Crippen molar-refractivity contribution < 1.29 is 4.79 Å². The van der Waals surface area contributed by atoms with Gasteiger partial charge in [-0.15, -0.1) is 0 Å². The zero-order chi connectivity index (χ0) is 18.4. The van der Waals surface area contributed by atoms with Gasteiger partial charge in [-0.25, -0.2) is 4.98 Å². The van der Waals surface area contributed by atoms with Gasteiger partial charge in [0.2, 0.25) is 0 Å². The Morgan fingerprint density at radius 2 is 1.92 bits per heavy atom. The molecule has 1 amide bonds. The van der Waals surface area contributed by atoms with Crippen LogP contribution in [0.15, 0.2) is 30.5 Å². The van der Waals surface area contributed by atoms with Crippen LogP contribution in [0.3, 0.4) is 0 Å². The van der Waals surface area contributed by atoms with Crippen molar-refractivity contribution in [3.63, 3.8) is 0 Å². The van der Waals surface area contributed by atoms with Crippen LogP contribution >= 0.6 is 0 Å². The number of nitriles is 1. The molecule has 0 saturated heterocycles. The van der Waals surface area contributed by atoms with E-state index in [2.05, 4.69) is 27.9 Å². The summed E-state index contributed by atoms with van der Waals surface area (Å²) in [4.78, 5) is 16.8. The molecule has 0 atom stereocenters. The quantitative estimate of drug-likeness (QED) is 0.831. The van der Waals surface area contributed by atoms with E-state index in [4.69, 9.17) is 5.26 Å². The van der Waals surface area contributed by atoms with Gasteiger partial charge in [0.05, 0.1) is 11.6 Å². The highest BCUT2D eigenvalue weighted by Crippen LogP contribution is 2.29. The second-order valence-electron chi connectivity index (χ2n) is 7.03. The summed E-state index contributed by atoms with van der Waals surface area (Å²) >= 11 is 0. The monoisotopic (exact) mass is 350 g/mol. The molecular weight excluding hydrogens is 324 g/mol. The smallest absolute Gasteiger partial charge is 0.251 e. The molecule has 1 heterocycles. The summed E-state index contributed by atoms with van der Waals surface area (Å²) in [5.74, 6) is 0.952. The summed E-state index contributed by atoms with van der Waals surface area (Å²) < 4.78 is 2.39. The molecule has 1 aliphatic rings. The molecule has 1 saturated carbocycles. The summed E-state index contributed by atoms with van der Waals surface area (Å²) in [7, 11) is 0. The average molecular weight is 350 g/mol. The zero-order valence-electron chi connectivity index (χ0n) is 15.4. The molecule has 1 aromatic heterocycles. The van der Waals surface area contributed by atoms with E-state index < -0.39 is 0 Å². The van der Waals surface area contributed by atoms with Gasteiger partial charge in [-0.3, -0.25) is 4.79 Å². The van der Waals surface area contributed by atoms with Crippen LogP contribution in [0.1, 0.15) is 72.0 Å². The van der Waals surface area contributed by atoms with Gasteiger partial charge in [-0.1, -0.05) is 25.7 Å². The Hall–Kier alpha value is -2.61. The maximum Gasteiger partial charge on any atom is 0.251 e. The molecule has 1 fully saturated rings. The first-order valence-electron chi connectivity index (χ1n) is 9.50. The Morgan fingerprint density at radius 1 is 1.23 bits per heavy atom. The average Bonchev–Trinajstić information content (AvgIpc) is 2.86. The van der Waals surface area contributed by atoms with E-state index in [9.17, 15) is 4.79 Å². The third-order valence-corrected chi connectivity index (χ3v) is 5.16. The van der Waals surface area contributed by atoms with Gasteiger partial charge in [0.1, 0.15) is 5.82 Å². The van der Waals surface area contributed by atoms with Crippen molar-refractivity contribution in [3.8, 4) is 6.07 Å². The molecular formula is C21H26N4O. The van der Waals surface area contributed by atoms with Gasteiger partial charge < -0.3 is 9.88 Å². The summed E-state index contributed by atoms with van der Waals surface area (Å²) in [5, 5.41) is 11.8. The van der Waals surface area contributed by atoms with Crippen molar-refractivity contribution in [1.82, 2.24) is 14.9 Å². The number of aromatic nitrogens is 2. The van der Waals surface area contributed by atoms with E-state index in [1.54, 1.807) is 24.3 Å². The molecule has 5 heteroatoms. The molecule has 0 spiro atoms. The minimum atomic E-state index is -0.112. The molecule has 1 aromatic carbocycles. The molecule has 5 nitrogen and oxygen atoms in total. The fourth-order valence-corrected chi connectivity index (χ4v) is 3.78. The minimum absolute atomic E-state index is 0.112. The van der Waals surface area contributed by atoms with Crippen LogP contribution in [0.5, 0.6) is 0 Å². The Bertz CT molecular complexity index is 777. The van der Waals surface area contributed by atoms with Crippen molar-refractivity contribution in [2.75, 3.05) is 6.54 Å². The van der Waals surface area contributed by atoms with Gasteiger partial charge in [0, 0.05) is 36.5 Å². The summed E-state index contributed by atoms with van der Waals surface area (Å²) in [6, 6.07) is 9.30. The lowest BCUT2D eigenvalue weighted by Crippen LogP contribution is -2.27. The third-order valence-electron chi connectivity index (χ3n) is 5.16. The Labute approximate surface area is 155 Å². The second kappa shape index (κ2) is 8.66. The predicted octanol–water partition coefficient (Wildman–Crippen LogP) is 3.93. The molecule has 0 aliphatic heterocycles. The normalized spacial score (nSPS) is 15.2. The Kier molecular flexibility index (Phi) is 6.06. The van der Waals surface area contributed by atoms with Crippen LogP contribution < -0.4 is 5.32 Å². The van der Waals surface area contributed by atoms with Crippen LogP contribution in [-0.4, -0.2) is 22.0 Å². The Balaban J connectivity index is 1.59. The molecule has 2 aromatic rings. The first kappa shape index (κ1) is 18.2. The van der Waals surface area contributed by atoms with Gasteiger partial charge in [-0.2, -0.15) is 5.26 Å². The lowest BCUT2D eigenvalue weighted by atomic mass is 10.1. The molecule has 26 heavy (non-hydrogen) atoms. The largest absolute Gasteiger partial charge is 0.352 e. The molecule has 0 radical (unpaired) electrons. The molecule has 1 N–H and O–H groups in total. The fraction of sp³-hybridized carbons (Fsp3) is 0.476. The number of amides is 1. The van der Waals surface area contributed by atoms with Crippen molar-refractivity contribution in [3.05, 3.63) is 53.1 Å². The van der Waals surface area contributed by atoms with E-state index in [1.165, 1.54) is 44.2 Å². The molecule has 3 rings (SSSR count). The minimum Gasteiger partial charge on any atom is -0.352 e. The highest BCUT2D eigenvalue weighted by Gasteiger charge is 2.19. The highest BCUT2D eigenvalue weighted by atomic mass is 16.1. The first-order chi connectivity index (χ1) is 12.7. The van der Waals surface area contributed by atoms with Crippen LogP contribution in [-0.2, 0) is 6.42 Å². The number of carbonyl (C=O) groups excluding carboxylic acids is 1. The number of benzene rings is 1. The maximum atomic E-state index is 12.3. The van der Waals surface area contributed by atoms with Crippen molar-refractivity contribution >= 4 is 5.91 Å². The first-order valence-corrected chi connectivity index (χ1v) is 9.50. The van der Waals surface area contributed by atoms with Crippen molar-refractivity contribution in [1.29, 1.82) is 5.26 Å². The van der Waals surface area contributed by atoms with E-state index in [1.807, 2.05) is 6.20 Å².